The van der Waals surface area contributed by atoms with E-state index in [1.165, 1.54) is 23.5 Å². The Morgan fingerprint density at radius 2 is 1.49 bits per heavy atom. The molecular weight excluding hydrogens is 479 g/mol. The topological polar surface area (TPSA) is 43.1 Å². The molecule has 0 saturated carbocycles. The van der Waals surface area contributed by atoms with Gasteiger partial charge < -0.3 is 4.90 Å². The molecule has 2 heterocycles. The molecule has 0 fully saturated rings. The van der Waals surface area contributed by atoms with E-state index < -0.39 is 0 Å². The molecule has 4 rings (SSSR count). The molecular formula is C27H31FN4OS2. The van der Waals surface area contributed by atoms with Crippen molar-refractivity contribution in [1.82, 2.24) is 14.1 Å². The van der Waals surface area contributed by atoms with Crippen molar-refractivity contribution in [3.63, 3.8) is 0 Å². The van der Waals surface area contributed by atoms with Gasteiger partial charge in [-0.2, -0.15) is 4.98 Å². The van der Waals surface area contributed by atoms with Gasteiger partial charge in [0, 0.05) is 18.8 Å². The first-order chi connectivity index (χ1) is 17.0. The van der Waals surface area contributed by atoms with E-state index in [0.29, 0.717) is 25.9 Å². The molecule has 0 bridgehead atoms. The summed E-state index contributed by atoms with van der Waals surface area (Å²) in [7, 11) is 0. The second kappa shape index (κ2) is 11.7. The summed E-state index contributed by atoms with van der Waals surface area (Å²) < 4.78 is 18.3. The first-order valence-electron chi connectivity index (χ1n) is 12.3. The van der Waals surface area contributed by atoms with Gasteiger partial charge in [-0.25, -0.2) is 8.96 Å². The van der Waals surface area contributed by atoms with Crippen molar-refractivity contribution in [2.24, 2.45) is 0 Å². The minimum atomic E-state index is -0.342. The second-order valence-electron chi connectivity index (χ2n) is 8.62. The maximum atomic E-state index is 13.9. The van der Waals surface area contributed by atoms with Gasteiger partial charge in [0.05, 0.1) is 5.69 Å². The van der Waals surface area contributed by atoms with Crippen molar-refractivity contribution in [2.75, 3.05) is 18.0 Å². The fourth-order valence-corrected chi connectivity index (χ4v) is 5.51. The van der Waals surface area contributed by atoms with Crippen molar-refractivity contribution in [1.29, 1.82) is 0 Å². The van der Waals surface area contributed by atoms with Crippen LogP contribution in [0.1, 0.15) is 52.4 Å². The molecule has 0 aliphatic carbocycles. The van der Waals surface area contributed by atoms with Gasteiger partial charge in [-0.1, -0.05) is 69.1 Å². The lowest BCUT2D eigenvalue weighted by molar-refractivity contribution is 0.618. The smallest absolute Gasteiger partial charge is 0.279 e. The van der Waals surface area contributed by atoms with Crippen molar-refractivity contribution in [2.45, 2.75) is 52.4 Å². The monoisotopic (exact) mass is 510 g/mol. The van der Waals surface area contributed by atoms with Crippen LogP contribution in [0.2, 0.25) is 0 Å². The van der Waals surface area contributed by atoms with Crippen molar-refractivity contribution in [3.05, 3.63) is 74.7 Å². The zero-order valence-corrected chi connectivity index (χ0v) is 21.9. The third-order valence-electron chi connectivity index (χ3n) is 6.04. The van der Waals surface area contributed by atoms with E-state index in [9.17, 15) is 9.18 Å². The summed E-state index contributed by atoms with van der Waals surface area (Å²) >= 11 is 6.95. The number of para-hydroxylation sites is 1. The first kappa shape index (κ1) is 25.3. The number of rotatable bonds is 11. The summed E-state index contributed by atoms with van der Waals surface area (Å²) in [6, 6.07) is 15.8. The van der Waals surface area contributed by atoms with E-state index in [1.54, 1.807) is 16.7 Å². The predicted molar refractivity (Wildman–Crippen MR) is 147 cm³/mol. The van der Waals surface area contributed by atoms with Crippen LogP contribution in [0.3, 0.4) is 0 Å². The van der Waals surface area contributed by atoms with Gasteiger partial charge >= 0.3 is 0 Å². The molecule has 0 unspecified atom stereocenters. The summed E-state index contributed by atoms with van der Waals surface area (Å²) in [4.78, 5) is 21.3. The lowest BCUT2D eigenvalue weighted by Crippen LogP contribution is -2.34. The Morgan fingerprint density at radius 1 is 0.886 bits per heavy atom. The van der Waals surface area contributed by atoms with Crippen LogP contribution in [0.5, 0.6) is 0 Å². The van der Waals surface area contributed by atoms with Gasteiger partial charge in [-0.3, -0.25) is 9.36 Å². The van der Waals surface area contributed by atoms with E-state index in [0.717, 1.165) is 57.3 Å². The van der Waals surface area contributed by atoms with E-state index >= 15 is 0 Å². The fraction of sp³-hybridized carbons (Fsp3) is 0.370. The Kier molecular flexibility index (Phi) is 8.46. The van der Waals surface area contributed by atoms with Crippen molar-refractivity contribution >= 4 is 39.9 Å². The average Bonchev–Trinajstić information content (AvgIpc) is 3.20. The maximum Gasteiger partial charge on any atom is 0.279 e. The third kappa shape index (κ3) is 5.54. The molecule has 0 N–H and O–H groups in total. The van der Waals surface area contributed by atoms with Crippen molar-refractivity contribution < 1.29 is 4.39 Å². The molecule has 0 radical (unpaired) electrons. The fourth-order valence-electron chi connectivity index (χ4n) is 4.20. The molecule has 8 heteroatoms. The predicted octanol–water partition coefficient (Wildman–Crippen LogP) is 7.29. The van der Waals surface area contributed by atoms with Crippen molar-refractivity contribution in [3.8, 4) is 11.4 Å². The average molecular weight is 511 g/mol. The summed E-state index contributed by atoms with van der Waals surface area (Å²) in [5.41, 5.74) is 1.87. The van der Waals surface area contributed by atoms with Gasteiger partial charge in [0.2, 0.25) is 5.95 Å². The number of anilines is 1. The number of benzene rings is 2. The Labute approximate surface area is 214 Å². The molecule has 0 aliphatic heterocycles. The number of nitrogens with zero attached hydrogens (tertiary/aromatic N) is 4. The molecule has 35 heavy (non-hydrogen) atoms. The number of thiazole rings is 1. The highest BCUT2D eigenvalue weighted by Crippen LogP contribution is 2.27. The molecule has 0 spiro atoms. The largest absolute Gasteiger partial charge is 0.342 e. The van der Waals surface area contributed by atoms with Gasteiger partial charge in [0.25, 0.3) is 5.56 Å². The maximum absolute atomic E-state index is 13.9. The highest BCUT2D eigenvalue weighted by molar-refractivity contribution is 7.73. The van der Waals surface area contributed by atoms with E-state index in [-0.39, 0.29) is 11.4 Å². The van der Waals surface area contributed by atoms with Gasteiger partial charge in [0.15, 0.2) is 9.60 Å². The minimum Gasteiger partial charge on any atom is -0.342 e. The molecule has 0 aliphatic rings. The lowest BCUT2D eigenvalue weighted by Gasteiger charge is -2.27. The molecule has 4 aromatic rings. The zero-order valence-electron chi connectivity index (χ0n) is 20.2. The highest BCUT2D eigenvalue weighted by atomic mass is 32.1. The summed E-state index contributed by atoms with van der Waals surface area (Å²) in [6.07, 6.45) is 6.44. The Morgan fingerprint density at radius 3 is 2.09 bits per heavy atom. The van der Waals surface area contributed by atoms with Gasteiger partial charge in [-0.05, 0) is 61.5 Å². The SMILES string of the molecule is CCCCCN(CCCCC)c1nc2c(sc(=S)n2-c2ccccc2)c(=O)n1-c1ccc(F)cc1. The number of aromatic nitrogens is 3. The second-order valence-corrected chi connectivity index (χ2v) is 10.3. The van der Waals surface area contributed by atoms with E-state index in [1.807, 2.05) is 34.9 Å². The first-order valence-corrected chi connectivity index (χ1v) is 13.5. The molecule has 0 atom stereocenters. The number of hydrogen-bond acceptors (Lipinski definition) is 5. The quantitative estimate of drug-likeness (QED) is 0.157. The molecule has 184 valence electrons. The molecule has 0 amide bonds. The zero-order chi connectivity index (χ0) is 24.8. The summed E-state index contributed by atoms with van der Waals surface area (Å²) in [5.74, 6) is 0.241. The molecule has 0 saturated heterocycles. The number of unbranched alkanes of at least 4 members (excludes halogenated alkanes) is 4. The lowest BCUT2D eigenvalue weighted by atomic mass is 10.2. The standard InChI is InChI=1S/C27H31FN4OS2/c1-3-5-10-18-30(19-11-6-4-2)26-29-24-23(25(33)32(26)22-16-14-20(28)15-17-22)35-27(34)31(24)21-12-8-7-9-13-21/h7-9,12-17H,3-6,10-11,18-19H2,1-2H3. The van der Waals surface area contributed by atoms with Crippen LogP contribution in [0, 0.1) is 9.77 Å². The van der Waals surface area contributed by atoms with Crippen LogP contribution in [0.15, 0.2) is 59.4 Å². The van der Waals surface area contributed by atoms with Crippen LogP contribution < -0.4 is 10.5 Å². The van der Waals surface area contributed by atoms with Crippen LogP contribution >= 0.6 is 23.6 Å². The van der Waals surface area contributed by atoms with E-state index in [4.69, 9.17) is 17.2 Å². The molecule has 2 aromatic carbocycles. The van der Waals surface area contributed by atoms with Gasteiger partial charge in [-0.15, -0.1) is 0 Å². The number of fused-ring (bicyclic) bond motifs is 1. The minimum absolute atomic E-state index is 0.182. The van der Waals surface area contributed by atoms with Crippen LogP contribution in [-0.4, -0.2) is 27.2 Å². The molecule has 2 aromatic heterocycles. The Bertz CT molecular complexity index is 1370. The Hall–Kier alpha value is -2.84. The van der Waals surface area contributed by atoms with E-state index in [2.05, 4.69) is 18.7 Å². The third-order valence-corrected chi connectivity index (χ3v) is 7.39. The molecule has 5 nitrogen and oxygen atoms in total. The van der Waals surface area contributed by atoms with Crippen LogP contribution in [-0.2, 0) is 0 Å². The van der Waals surface area contributed by atoms with Gasteiger partial charge in [0.1, 0.15) is 10.5 Å². The van der Waals surface area contributed by atoms with Crippen LogP contribution in [0.4, 0.5) is 10.3 Å². The number of hydrogen-bond donors (Lipinski definition) is 0. The Balaban J connectivity index is 1.97. The highest BCUT2D eigenvalue weighted by Gasteiger charge is 2.22. The summed E-state index contributed by atoms with van der Waals surface area (Å²) in [6.45, 7) is 5.96. The van der Waals surface area contributed by atoms with Crippen LogP contribution in [0.25, 0.3) is 21.7 Å². The summed E-state index contributed by atoms with van der Waals surface area (Å²) in [5, 5.41) is 0. The number of halogens is 1. The normalized spacial score (nSPS) is 11.3.